The van der Waals surface area contributed by atoms with Crippen LogP contribution in [-0.4, -0.2) is 42.4 Å². The number of benzene rings is 4. The van der Waals surface area contributed by atoms with Gasteiger partial charge in [0.2, 0.25) is 15.9 Å². The minimum Gasteiger partial charge on any atom is -0.488 e. The number of anilines is 1. The van der Waals surface area contributed by atoms with E-state index >= 15 is 4.39 Å². The van der Waals surface area contributed by atoms with Crippen LogP contribution in [0.15, 0.2) is 65.6 Å². The summed E-state index contributed by atoms with van der Waals surface area (Å²) in [6, 6.07) is 15.9. The third kappa shape index (κ3) is 8.39. The highest BCUT2D eigenvalue weighted by molar-refractivity contribution is 7.89. The molecule has 0 aromatic heterocycles. The van der Waals surface area contributed by atoms with E-state index in [9.17, 15) is 36.3 Å². The number of carbonyl (C=O) groups excluding carboxylic acids is 1. The summed E-state index contributed by atoms with van der Waals surface area (Å²) in [6.07, 6.45) is 3.10. The molecule has 2 saturated carbocycles. The molecule has 8 nitrogen and oxygen atoms in total. The van der Waals surface area contributed by atoms with E-state index < -0.39 is 68.2 Å². The summed E-state index contributed by atoms with van der Waals surface area (Å²) in [5.41, 5.74) is 2.56. The largest absolute Gasteiger partial charge is 0.488 e. The fraction of sp³-hybridized carbons (Fsp3) is 0.333. The predicted octanol–water partition coefficient (Wildman–Crippen LogP) is 9.39. The van der Waals surface area contributed by atoms with Crippen molar-refractivity contribution in [2.45, 2.75) is 81.9 Å². The fourth-order valence-corrected chi connectivity index (χ4v) is 8.07. The summed E-state index contributed by atoms with van der Waals surface area (Å²) in [5.74, 6) is -10.9. The van der Waals surface area contributed by atoms with Crippen molar-refractivity contribution in [2.75, 3.05) is 11.4 Å². The second kappa shape index (κ2) is 15.2. The van der Waals surface area contributed by atoms with Crippen LogP contribution in [0.4, 0.5) is 23.2 Å². The van der Waals surface area contributed by atoms with Gasteiger partial charge in [0, 0.05) is 11.6 Å². The lowest BCUT2D eigenvalue weighted by atomic mass is 9.84. The topological polar surface area (TPSA) is 104 Å². The van der Waals surface area contributed by atoms with Crippen molar-refractivity contribution in [3.63, 3.8) is 0 Å². The molecule has 2 fully saturated rings. The number of hydrogen-bond acceptors (Lipinski definition) is 5. The van der Waals surface area contributed by atoms with Crippen LogP contribution in [0.3, 0.4) is 0 Å². The lowest BCUT2D eigenvalue weighted by molar-refractivity contribution is -0.119. The van der Waals surface area contributed by atoms with Gasteiger partial charge in [0.05, 0.1) is 30.4 Å². The molecule has 0 aliphatic heterocycles. The molecule has 0 spiro atoms. The highest BCUT2D eigenvalue weighted by Crippen LogP contribution is 2.43. The standard InChI is InChI=1S/C39H36Cl2F4N2O6S/c1-39(2,3)26-15-21(14-25(16-26)22-8-9-22)18-47(29-13-10-23(38(49)50)17-30(29)53-27-11-12-27)31(48)20-46(19-24-6-4-5-7-28(24)40)54(51,52)37-32(41)33(42)34(43)35(44)36(37)45/h4-7,10,13-17,22,27H,8-9,11-12,18-20H2,1-3H3,(H,49,50). The number of aromatic carboxylic acids is 1. The Hall–Kier alpha value is -4.17. The minimum atomic E-state index is -5.43. The first-order chi connectivity index (χ1) is 25.4. The van der Waals surface area contributed by atoms with Crippen molar-refractivity contribution in [1.29, 1.82) is 0 Å². The Kier molecular flexibility index (Phi) is 11.1. The van der Waals surface area contributed by atoms with Gasteiger partial charge in [-0.15, -0.1) is 0 Å². The van der Waals surface area contributed by atoms with Crippen molar-refractivity contribution in [3.8, 4) is 5.75 Å². The molecule has 1 amide bonds. The Morgan fingerprint density at radius 3 is 2.15 bits per heavy atom. The van der Waals surface area contributed by atoms with Crippen LogP contribution < -0.4 is 9.64 Å². The third-order valence-electron chi connectivity index (χ3n) is 9.27. The molecule has 54 heavy (non-hydrogen) atoms. The molecule has 4 aromatic carbocycles. The first kappa shape index (κ1) is 39.5. The van der Waals surface area contributed by atoms with Gasteiger partial charge >= 0.3 is 5.97 Å². The number of carboxylic acids is 1. The van der Waals surface area contributed by atoms with E-state index in [1.54, 1.807) is 6.07 Å². The number of ether oxygens (including phenoxy) is 1. The van der Waals surface area contributed by atoms with Crippen molar-refractivity contribution < 1.29 is 45.4 Å². The number of rotatable bonds is 13. The monoisotopic (exact) mass is 806 g/mol. The number of carbonyl (C=O) groups is 2. The Morgan fingerprint density at radius 2 is 1.54 bits per heavy atom. The van der Waals surface area contributed by atoms with Gasteiger partial charge in [0.25, 0.3) is 0 Å². The molecule has 6 rings (SSSR count). The number of carboxylic acid groups (broad SMARTS) is 1. The molecule has 0 bridgehead atoms. The summed E-state index contributed by atoms with van der Waals surface area (Å²) in [6.45, 7) is 4.21. The lowest BCUT2D eigenvalue weighted by Crippen LogP contribution is -2.43. The molecule has 4 aromatic rings. The van der Waals surface area contributed by atoms with Gasteiger partial charge in [-0.2, -0.15) is 4.31 Å². The van der Waals surface area contributed by atoms with Crippen LogP contribution in [0.5, 0.6) is 5.75 Å². The summed E-state index contributed by atoms with van der Waals surface area (Å²) < 4.78 is 93.6. The van der Waals surface area contributed by atoms with Gasteiger partial charge < -0.3 is 14.7 Å². The predicted molar refractivity (Wildman–Crippen MR) is 196 cm³/mol. The first-order valence-electron chi connectivity index (χ1n) is 17.1. The second-order valence-corrected chi connectivity index (χ2v) is 17.2. The molecule has 2 aliphatic carbocycles. The van der Waals surface area contributed by atoms with Gasteiger partial charge in [-0.25, -0.2) is 30.8 Å². The van der Waals surface area contributed by atoms with Crippen LogP contribution in [0, 0.1) is 23.3 Å². The zero-order valence-corrected chi connectivity index (χ0v) is 31.8. The third-order valence-corrected chi connectivity index (χ3v) is 11.9. The van der Waals surface area contributed by atoms with E-state index in [-0.39, 0.29) is 45.7 Å². The van der Waals surface area contributed by atoms with Crippen molar-refractivity contribution in [1.82, 2.24) is 4.31 Å². The molecule has 0 saturated heterocycles. The highest BCUT2D eigenvalue weighted by atomic mass is 35.5. The number of hydrogen-bond donors (Lipinski definition) is 1. The summed E-state index contributed by atoms with van der Waals surface area (Å²) in [4.78, 5) is 26.2. The van der Waals surface area contributed by atoms with Crippen molar-refractivity contribution in [2.24, 2.45) is 0 Å². The van der Waals surface area contributed by atoms with Crippen LogP contribution >= 0.6 is 23.2 Å². The van der Waals surface area contributed by atoms with Crippen LogP contribution in [0.2, 0.25) is 10.0 Å². The Balaban J connectivity index is 1.50. The summed E-state index contributed by atoms with van der Waals surface area (Å²) in [7, 11) is -5.43. The van der Waals surface area contributed by atoms with E-state index in [4.69, 9.17) is 27.9 Å². The van der Waals surface area contributed by atoms with Gasteiger partial charge in [-0.05, 0) is 83.5 Å². The van der Waals surface area contributed by atoms with E-state index in [0.717, 1.165) is 24.0 Å². The van der Waals surface area contributed by atoms with Crippen LogP contribution in [0.25, 0.3) is 0 Å². The average molecular weight is 808 g/mol. The molecular weight excluding hydrogens is 771 g/mol. The number of sulfonamides is 1. The molecule has 2 aliphatic rings. The zero-order valence-electron chi connectivity index (χ0n) is 29.4. The maximum Gasteiger partial charge on any atom is 0.335 e. The molecule has 0 unspecified atom stereocenters. The van der Waals surface area contributed by atoms with Gasteiger partial charge in [-0.1, -0.05) is 80.4 Å². The fourth-order valence-electron chi connectivity index (χ4n) is 5.93. The second-order valence-electron chi connectivity index (χ2n) is 14.5. The van der Waals surface area contributed by atoms with Crippen LogP contribution in [0.1, 0.15) is 85.0 Å². The first-order valence-corrected chi connectivity index (χ1v) is 19.3. The van der Waals surface area contributed by atoms with E-state index in [1.807, 2.05) is 32.9 Å². The van der Waals surface area contributed by atoms with Crippen molar-refractivity contribution in [3.05, 3.63) is 122 Å². The molecule has 0 atom stereocenters. The molecule has 0 radical (unpaired) electrons. The summed E-state index contributed by atoms with van der Waals surface area (Å²) >= 11 is 12.2. The van der Waals surface area contributed by atoms with Gasteiger partial charge in [0.15, 0.2) is 23.3 Å². The van der Waals surface area contributed by atoms with E-state index in [2.05, 4.69) is 6.07 Å². The van der Waals surface area contributed by atoms with Crippen molar-refractivity contribution >= 4 is 50.8 Å². The average Bonchev–Trinajstić information content (AvgIpc) is 4.05. The SMILES string of the molecule is CC(C)(C)c1cc(CN(C(=O)CN(Cc2ccccc2Cl)S(=O)(=O)c2c(F)c(F)c(F)c(F)c2Cl)c2ccc(C(=O)O)cc2OC2CC2)cc(C2CC2)c1. The normalized spacial score (nSPS) is 14.7. The smallest absolute Gasteiger partial charge is 0.335 e. The Labute approximate surface area is 320 Å². The molecule has 1 N–H and O–H groups in total. The molecule has 15 heteroatoms. The Bertz CT molecular complexity index is 2230. The Morgan fingerprint density at radius 1 is 0.870 bits per heavy atom. The maximum absolute atomic E-state index is 15.3. The van der Waals surface area contributed by atoms with Crippen LogP contribution in [-0.2, 0) is 33.3 Å². The lowest BCUT2D eigenvalue weighted by Gasteiger charge is -2.30. The quantitative estimate of drug-likeness (QED) is 0.0821. The number of nitrogens with zero attached hydrogens (tertiary/aromatic N) is 2. The molecule has 286 valence electrons. The van der Waals surface area contributed by atoms with E-state index in [1.165, 1.54) is 41.3 Å². The minimum absolute atomic E-state index is 0.0532. The van der Waals surface area contributed by atoms with Gasteiger partial charge in [0.1, 0.15) is 15.7 Å². The van der Waals surface area contributed by atoms with E-state index in [0.29, 0.717) is 28.6 Å². The van der Waals surface area contributed by atoms with Gasteiger partial charge in [-0.3, -0.25) is 4.79 Å². The molecular formula is C39H36Cl2F4N2O6S. The zero-order chi connectivity index (χ0) is 39.3. The number of halogens is 6. The maximum atomic E-state index is 15.3. The highest BCUT2D eigenvalue weighted by Gasteiger charge is 2.39. The summed E-state index contributed by atoms with van der Waals surface area (Å²) in [5, 5.41) is 8.28. The molecule has 0 heterocycles. The number of amides is 1.